The van der Waals surface area contributed by atoms with E-state index >= 15 is 0 Å². The molecule has 1 aliphatic heterocycles. The molecule has 1 aromatic rings. The molecule has 1 saturated heterocycles. The van der Waals surface area contributed by atoms with Crippen molar-refractivity contribution in [3.8, 4) is 0 Å². The Balaban J connectivity index is 2.16. The van der Waals surface area contributed by atoms with Crippen molar-refractivity contribution >= 4 is 5.69 Å². The molecule has 0 aromatic carbocycles. The molecule has 3 nitrogen and oxygen atoms in total. The topological polar surface area (TPSA) is 42.1 Å². The van der Waals surface area contributed by atoms with Gasteiger partial charge in [0.15, 0.2) is 0 Å². The summed E-state index contributed by atoms with van der Waals surface area (Å²) in [6, 6.07) is 4.83. The summed E-state index contributed by atoms with van der Waals surface area (Å²) in [5.41, 5.74) is 7.96. The fourth-order valence-corrected chi connectivity index (χ4v) is 2.15. The standard InChI is InChI=1S/C12H19N3/c1-9-4-3-7-15(9)11-5-6-12(10(2)13)14-8-11/h5-6,8-10H,3-4,7,13H2,1-2H3/t9?,10-/m0/s1. The molecule has 0 bridgehead atoms. The zero-order valence-electron chi connectivity index (χ0n) is 9.48. The second kappa shape index (κ2) is 4.19. The van der Waals surface area contributed by atoms with E-state index in [1.54, 1.807) is 0 Å². The van der Waals surface area contributed by atoms with Crippen molar-refractivity contribution in [1.82, 2.24) is 4.98 Å². The van der Waals surface area contributed by atoms with E-state index in [9.17, 15) is 0 Å². The van der Waals surface area contributed by atoms with Gasteiger partial charge in [-0.25, -0.2) is 0 Å². The summed E-state index contributed by atoms with van der Waals surface area (Å²) in [6.45, 7) is 5.38. The number of aromatic nitrogens is 1. The third-order valence-corrected chi connectivity index (χ3v) is 3.12. The first kappa shape index (κ1) is 10.4. The molecule has 1 aliphatic rings. The zero-order valence-corrected chi connectivity index (χ0v) is 9.48. The third-order valence-electron chi connectivity index (χ3n) is 3.12. The van der Waals surface area contributed by atoms with E-state index in [-0.39, 0.29) is 6.04 Å². The number of pyridine rings is 1. The molecular formula is C12H19N3. The van der Waals surface area contributed by atoms with Crippen LogP contribution in [-0.4, -0.2) is 17.6 Å². The third kappa shape index (κ3) is 2.12. The van der Waals surface area contributed by atoms with E-state index in [1.807, 2.05) is 19.2 Å². The molecule has 3 heteroatoms. The first-order chi connectivity index (χ1) is 7.18. The molecule has 0 amide bonds. The highest BCUT2D eigenvalue weighted by atomic mass is 15.2. The fraction of sp³-hybridized carbons (Fsp3) is 0.583. The maximum atomic E-state index is 5.77. The minimum Gasteiger partial charge on any atom is -0.368 e. The molecule has 0 aliphatic carbocycles. The average molecular weight is 205 g/mol. The van der Waals surface area contributed by atoms with Crippen LogP contribution < -0.4 is 10.6 Å². The predicted molar refractivity (Wildman–Crippen MR) is 62.9 cm³/mol. The van der Waals surface area contributed by atoms with Crippen LogP contribution in [0.25, 0.3) is 0 Å². The van der Waals surface area contributed by atoms with Crippen molar-refractivity contribution in [2.24, 2.45) is 5.73 Å². The molecule has 0 radical (unpaired) electrons. The molecule has 1 unspecified atom stereocenters. The number of anilines is 1. The van der Waals surface area contributed by atoms with Crippen molar-refractivity contribution in [2.45, 2.75) is 38.8 Å². The Bertz CT molecular complexity index is 318. The average Bonchev–Trinajstić information content (AvgIpc) is 2.65. The van der Waals surface area contributed by atoms with E-state index in [1.165, 1.54) is 18.5 Å². The minimum absolute atomic E-state index is 0.0232. The van der Waals surface area contributed by atoms with Crippen LogP contribution in [0, 0.1) is 0 Å². The number of hydrogen-bond donors (Lipinski definition) is 1. The van der Waals surface area contributed by atoms with Crippen LogP contribution in [0.2, 0.25) is 0 Å². The van der Waals surface area contributed by atoms with Crippen LogP contribution in [0.15, 0.2) is 18.3 Å². The lowest BCUT2D eigenvalue weighted by molar-refractivity contribution is 0.730. The highest BCUT2D eigenvalue weighted by Crippen LogP contribution is 2.24. The summed E-state index contributed by atoms with van der Waals surface area (Å²) in [6.07, 6.45) is 4.52. The van der Waals surface area contributed by atoms with Crippen molar-refractivity contribution < 1.29 is 0 Å². The quantitative estimate of drug-likeness (QED) is 0.804. The molecule has 2 N–H and O–H groups in total. The molecule has 1 aromatic heterocycles. The molecule has 2 heterocycles. The van der Waals surface area contributed by atoms with Gasteiger partial charge in [-0.1, -0.05) is 0 Å². The number of nitrogens with two attached hydrogens (primary N) is 1. The van der Waals surface area contributed by atoms with Gasteiger partial charge in [0.25, 0.3) is 0 Å². The molecule has 82 valence electrons. The van der Waals surface area contributed by atoms with Gasteiger partial charge >= 0.3 is 0 Å². The normalized spacial score (nSPS) is 23.1. The maximum absolute atomic E-state index is 5.77. The highest BCUT2D eigenvalue weighted by molar-refractivity contribution is 5.46. The van der Waals surface area contributed by atoms with Gasteiger partial charge in [-0.2, -0.15) is 0 Å². The minimum atomic E-state index is 0.0232. The Hall–Kier alpha value is -1.09. The van der Waals surface area contributed by atoms with E-state index in [2.05, 4.69) is 22.9 Å². The van der Waals surface area contributed by atoms with Gasteiger partial charge in [-0.15, -0.1) is 0 Å². The number of nitrogens with zero attached hydrogens (tertiary/aromatic N) is 2. The summed E-state index contributed by atoms with van der Waals surface area (Å²) in [4.78, 5) is 6.81. The lowest BCUT2D eigenvalue weighted by Gasteiger charge is -2.23. The van der Waals surface area contributed by atoms with Gasteiger partial charge in [-0.3, -0.25) is 4.98 Å². The Morgan fingerprint density at radius 2 is 2.33 bits per heavy atom. The largest absolute Gasteiger partial charge is 0.368 e. The molecule has 0 saturated carbocycles. The van der Waals surface area contributed by atoms with Crippen molar-refractivity contribution in [3.05, 3.63) is 24.0 Å². The monoisotopic (exact) mass is 205 g/mol. The lowest BCUT2D eigenvalue weighted by Crippen LogP contribution is -2.26. The number of rotatable bonds is 2. The Morgan fingerprint density at radius 1 is 1.53 bits per heavy atom. The predicted octanol–water partition coefficient (Wildman–Crippen LogP) is 2.09. The number of hydrogen-bond acceptors (Lipinski definition) is 3. The lowest BCUT2D eigenvalue weighted by atomic mass is 10.2. The molecule has 15 heavy (non-hydrogen) atoms. The Kier molecular flexibility index (Phi) is 2.91. The van der Waals surface area contributed by atoms with Gasteiger partial charge in [0.2, 0.25) is 0 Å². The van der Waals surface area contributed by atoms with Gasteiger partial charge in [0.05, 0.1) is 17.6 Å². The zero-order chi connectivity index (χ0) is 10.8. The molecule has 2 rings (SSSR count). The van der Waals surface area contributed by atoms with Crippen LogP contribution in [-0.2, 0) is 0 Å². The van der Waals surface area contributed by atoms with E-state index in [0.717, 1.165) is 12.2 Å². The van der Waals surface area contributed by atoms with Gasteiger partial charge in [0, 0.05) is 18.6 Å². The van der Waals surface area contributed by atoms with Crippen LogP contribution in [0.1, 0.15) is 38.4 Å². The second-order valence-corrected chi connectivity index (χ2v) is 4.41. The summed E-state index contributed by atoms with van der Waals surface area (Å²) in [5, 5.41) is 0. The van der Waals surface area contributed by atoms with Gasteiger partial charge in [0.1, 0.15) is 0 Å². The summed E-state index contributed by atoms with van der Waals surface area (Å²) in [5.74, 6) is 0. The van der Waals surface area contributed by atoms with Crippen molar-refractivity contribution in [3.63, 3.8) is 0 Å². The first-order valence-corrected chi connectivity index (χ1v) is 5.66. The maximum Gasteiger partial charge on any atom is 0.0569 e. The van der Waals surface area contributed by atoms with Crippen molar-refractivity contribution in [2.75, 3.05) is 11.4 Å². The molecule has 1 fully saturated rings. The summed E-state index contributed by atoms with van der Waals surface area (Å²) in [7, 11) is 0. The Morgan fingerprint density at radius 3 is 2.80 bits per heavy atom. The Labute approximate surface area is 91.3 Å². The van der Waals surface area contributed by atoms with Gasteiger partial charge < -0.3 is 10.6 Å². The smallest absolute Gasteiger partial charge is 0.0569 e. The summed E-state index contributed by atoms with van der Waals surface area (Å²) < 4.78 is 0. The highest BCUT2D eigenvalue weighted by Gasteiger charge is 2.20. The first-order valence-electron chi connectivity index (χ1n) is 5.66. The van der Waals surface area contributed by atoms with E-state index in [0.29, 0.717) is 6.04 Å². The van der Waals surface area contributed by atoms with Crippen LogP contribution in [0.3, 0.4) is 0 Å². The fourth-order valence-electron chi connectivity index (χ4n) is 2.15. The van der Waals surface area contributed by atoms with Crippen LogP contribution in [0.4, 0.5) is 5.69 Å². The SMILES string of the molecule is CC1CCCN1c1ccc([C@H](C)N)nc1. The van der Waals surface area contributed by atoms with E-state index < -0.39 is 0 Å². The molecule has 2 atom stereocenters. The van der Waals surface area contributed by atoms with Crippen LogP contribution in [0.5, 0.6) is 0 Å². The summed E-state index contributed by atoms with van der Waals surface area (Å²) >= 11 is 0. The molecule has 0 spiro atoms. The second-order valence-electron chi connectivity index (χ2n) is 4.41. The van der Waals surface area contributed by atoms with Crippen molar-refractivity contribution in [1.29, 1.82) is 0 Å². The molecular weight excluding hydrogens is 186 g/mol. The van der Waals surface area contributed by atoms with E-state index in [4.69, 9.17) is 5.73 Å². The van der Waals surface area contributed by atoms with Gasteiger partial charge in [-0.05, 0) is 38.8 Å². The van der Waals surface area contributed by atoms with Crippen LogP contribution >= 0.6 is 0 Å².